The molecule has 3 fully saturated rings. The molecule has 39 heavy (non-hydrogen) atoms. The van der Waals surface area contributed by atoms with Crippen molar-refractivity contribution in [2.45, 2.75) is 82.7 Å². The summed E-state index contributed by atoms with van der Waals surface area (Å²) in [5, 5.41) is 7.66. The number of ether oxygens (including phenoxy) is 1. The first-order chi connectivity index (χ1) is 18.3. The summed E-state index contributed by atoms with van der Waals surface area (Å²) in [6.45, 7) is 7.55. The number of alkyl halides is 3. The minimum Gasteiger partial charge on any atom is -0.475 e. The summed E-state index contributed by atoms with van der Waals surface area (Å²) in [5.74, 6) is -2.71. The standard InChI is InChI=1S/C25H36ClN3O3.C2HF3O2/c1-4-5-9-21-25(32-24(31)27(21)3)12-16-28(17-13-25)19-10-14-29(15-11-19)23(30)22-18(2)7-6-8-20(22)26;3-2(4,5)1(6)7/h6-8,19,21H,4-5,9-17H2,1-3H3;(H,6,7). The Morgan fingerprint density at radius 3 is 2.26 bits per heavy atom. The third-order valence-electron chi connectivity index (χ3n) is 8.08. The predicted molar refractivity (Wildman–Crippen MR) is 140 cm³/mol. The number of hydrogen-bond donors (Lipinski definition) is 1. The van der Waals surface area contributed by atoms with Crippen molar-refractivity contribution in [1.82, 2.24) is 14.7 Å². The Hall–Kier alpha value is -2.53. The van der Waals surface area contributed by atoms with Gasteiger partial charge in [-0.15, -0.1) is 0 Å². The van der Waals surface area contributed by atoms with Crippen molar-refractivity contribution in [2.24, 2.45) is 0 Å². The number of hydrogen-bond acceptors (Lipinski definition) is 5. The lowest BCUT2D eigenvalue weighted by Gasteiger charge is -2.46. The highest BCUT2D eigenvalue weighted by molar-refractivity contribution is 6.34. The molecule has 0 radical (unpaired) electrons. The molecule has 8 nitrogen and oxygen atoms in total. The molecule has 3 aliphatic rings. The molecule has 0 bridgehead atoms. The third-order valence-corrected chi connectivity index (χ3v) is 8.39. The molecule has 2 amide bonds. The van der Waals surface area contributed by atoms with Crippen molar-refractivity contribution in [3.05, 3.63) is 34.3 Å². The number of aryl methyl sites for hydroxylation is 1. The molecule has 1 N–H and O–H groups in total. The Bertz CT molecular complexity index is 1020. The van der Waals surface area contributed by atoms with Crippen LogP contribution in [0, 0.1) is 6.92 Å². The SMILES string of the molecule is CCCCC1N(C)C(=O)OC12CCN(C1CCN(C(=O)c3c(C)cccc3Cl)CC1)CC2.O=C(O)C(F)(F)F. The fourth-order valence-corrected chi connectivity index (χ4v) is 6.15. The van der Waals surface area contributed by atoms with Crippen LogP contribution in [0.25, 0.3) is 0 Å². The number of piperidine rings is 2. The van der Waals surface area contributed by atoms with E-state index in [1.165, 1.54) is 0 Å². The summed E-state index contributed by atoms with van der Waals surface area (Å²) in [4.78, 5) is 40.6. The van der Waals surface area contributed by atoms with E-state index in [4.69, 9.17) is 26.2 Å². The van der Waals surface area contributed by atoms with Crippen molar-refractivity contribution in [1.29, 1.82) is 0 Å². The van der Waals surface area contributed by atoms with Gasteiger partial charge in [0.05, 0.1) is 16.6 Å². The topological polar surface area (TPSA) is 90.4 Å². The van der Waals surface area contributed by atoms with Crippen LogP contribution in [0.5, 0.6) is 0 Å². The average molecular weight is 576 g/mol. The molecule has 3 aliphatic heterocycles. The minimum atomic E-state index is -5.08. The molecule has 0 saturated carbocycles. The first-order valence-corrected chi connectivity index (χ1v) is 13.7. The molecule has 3 heterocycles. The Kier molecular flexibility index (Phi) is 10.1. The number of carbonyl (C=O) groups is 3. The average Bonchev–Trinajstić information content (AvgIpc) is 3.11. The summed E-state index contributed by atoms with van der Waals surface area (Å²) < 4.78 is 37.7. The first kappa shape index (κ1) is 31.0. The zero-order valence-electron chi connectivity index (χ0n) is 22.6. The predicted octanol–water partition coefficient (Wildman–Crippen LogP) is 5.36. The molecule has 1 atom stereocenters. The number of rotatable bonds is 5. The minimum absolute atomic E-state index is 0.0452. The maximum Gasteiger partial charge on any atom is 0.490 e. The molecule has 1 spiro atoms. The number of likely N-dealkylation sites (N-methyl/N-ethyl adjacent to an activating group) is 1. The lowest BCUT2D eigenvalue weighted by Crippen LogP contribution is -2.55. The van der Waals surface area contributed by atoms with Gasteiger partial charge >= 0.3 is 18.2 Å². The number of likely N-dealkylation sites (tertiary alicyclic amines) is 2. The second-order valence-corrected chi connectivity index (χ2v) is 10.9. The van der Waals surface area contributed by atoms with Crippen molar-refractivity contribution in [3.8, 4) is 0 Å². The summed E-state index contributed by atoms with van der Waals surface area (Å²) in [6.07, 6.45) is 1.76. The first-order valence-electron chi connectivity index (χ1n) is 13.3. The number of benzene rings is 1. The fourth-order valence-electron chi connectivity index (χ4n) is 5.85. The van der Waals surface area contributed by atoms with E-state index in [9.17, 15) is 22.8 Å². The van der Waals surface area contributed by atoms with Crippen molar-refractivity contribution in [3.63, 3.8) is 0 Å². The third kappa shape index (κ3) is 7.16. The van der Waals surface area contributed by atoms with Crippen LogP contribution >= 0.6 is 11.6 Å². The van der Waals surface area contributed by atoms with Gasteiger partial charge in [-0.2, -0.15) is 13.2 Å². The molecular weight excluding hydrogens is 539 g/mol. The van der Waals surface area contributed by atoms with Crippen LogP contribution in [0.3, 0.4) is 0 Å². The molecule has 0 aromatic heterocycles. The number of amides is 2. The second kappa shape index (κ2) is 12.8. The van der Waals surface area contributed by atoms with E-state index in [2.05, 4.69) is 11.8 Å². The molecule has 1 unspecified atom stereocenters. The van der Waals surface area contributed by atoms with E-state index >= 15 is 0 Å². The van der Waals surface area contributed by atoms with Gasteiger partial charge in [-0.3, -0.25) is 9.69 Å². The number of carboxylic acid groups (broad SMARTS) is 1. The Balaban J connectivity index is 0.000000532. The maximum atomic E-state index is 13.1. The van der Waals surface area contributed by atoms with E-state index in [-0.39, 0.29) is 23.6 Å². The maximum absolute atomic E-state index is 13.1. The molecule has 1 aromatic rings. The summed E-state index contributed by atoms with van der Waals surface area (Å²) in [7, 11) is 1.89. The Morgan fingerprint density at radius 1 is 1.15 bits per heavy atom. The summed E-state index contributed by atoms with van der Waals surface area (Å²) in [6, 6.07) is 6.29. The smallest absolute Gasteiger partial charge is 0.475 e. The largest absolute Gasteiger partial charge is 0.490 e. The lowest BCUT2D eigenvalue weighted by atomic mass is 9.81. The number of aliphatic carboxylic acids is 1. The lowest BCUT2D eigenvalue weighted by molar-refractivity contribution is -0.192. The van der Waals surface area contributed by atoms with E-state index in [1.807, 2.05) is 35.9 Å². The molecule has 0 aliphatic carbocycles. The zero-order valence-corrected chi connectivity index (χ0v) is 23.4. The van der Waals surface area contributed by atoms with Crippen molar-refractivity contribution < 1.29 is 37.4 Å². The van der Waals surface area contributed by atoms with Crippen LogP contribution in [0.1, 0.15) is 67.8 Å². The van der Waals surface area contributed by atoms with Crippen LogP contribution < -0.4 is 0 Å². The highest BCUT2D eigenvalue weighted by Crippen LogP contribution is 2.41. The van der Waals surface area contributed by atoms with Crippen LogP contribution in [0.15, 0.2) is 18.2 Å². The van der Waals surface area contributed by atoms with Gasteiger partial charge in [0.1, 0.15) is 5.60 Å². The highest BCUT2D eigenvalue weighted by atomic mass is 35.5. The monoisotopic (exact) mass is 575 g/mol. The highest BCUT2D eigenvalue weighted by Gasteiger charge is 2.53. The zero-order chi connectivity index (χ0) is 29.0. The number of carbonyl (C=O) groups excluding carboxylic acids is 2. The quantitative estimate of drug-likeness (QED) is 0.508. The number of unbranched alkanes of at least 4 members (excludes halogenated alkanes) is 1. The van der Waals surface area contributed by atoms with Gasteiger partial charge in [-0.1, -0.05) is 43.5 Å². The van der Waals surface area contributed by atoms with Gasteiger partial charge in [-0.25, -0.2) is 9.59 Å². The van der Waals surface area contributed by atoms with Crippen LogP contribution in [-0.4, -0.2) is 94.9 Å². The Labute approximate surface area is 232 Å². The molecule has 218 valence electrons. The summed E-state index contributed by atoms with van der Waals surface area (Å²) >= 11 is 6.32. The van der Waals surface area contributed by atoms with Gasteiger partial charge in [-0.05, 0) is 37.8 Å². The van der Waals surface area contributed by atoms with Crippen LogP contribution in [-0.2, 0) is 9.53 Å². The molecule has 1 aromatic carbocycles. The Morgan fingerprint density at radius 2 is 1.74 bits per heavy atom. The van der Waals surface area contributed by atoms with Gasteiger partial charge in [0.2, 0.25) is 0 Å². The second-order valence-electron chi connectivity index (χ2n) is 10.5. The van der Waals surface area contributed by atoms with Gasteiger partial charge in [0, 0.05) is 52.1 Å². The van der Waals surface area contributed by atoms with E-state index in [1.54, 1.807) is 6.07 Å². The fraction of sp³-hybridized carbons (Fsp3) is 0.667. The van der Waals surface area contributed by atoms with Gasteiger partial charge in [0.15, 0.2) is 0 Å². The molecule has 4 rings (SSSR count). The van der Waals surface area contributed by atoms with Gasteiger partial charge in [0.25, 0.3) is 5.91 Å². The number of carboxylic acids is 1. The van der Waals surface area contributed by atoms with E-state index in [0.717, 1.165) is 76.7 Å². The van der Waals surface area contributed by atoms with Crippen LogP contribution in [0.4, 0.5) is 18.0 Å². The number of nitrogens with zero attached hydrogens (tertiary/aromatic N) is 3. The van der Waals surface area contributed by atoms with E-state index < -0.39 is 12.1 Å². The van der Waals surface area contributed by atoms with Gasteiger partial charge < -0.3 is 19.6 Å². The van der Waals surface area contributed by atoms with Crippen molar-refractivity contribution >= 4 is 29.6 Å². The normalized spacial score (nSPS) is 21.9. The molecule has 3 saturated heterocycles. The molecular formula is C27H37ClF3N3O5. The summed E-state index contributed by atoms with van der Waals surface area (Å²) in [5.41, 5.74) is 1.24. The van der Waals surface area contributed by atoms with Crippen LogP contribution in [0.2, 0.25) is 5.02 Å². The van der Waals surface area contributed by atoms with Crippen molar-refractivity contribution in [2.75, 3.05) is 33.2 Å². The van der Waals surface area contributed by atoms with E-state index in [0.29, 0.717) is 16.6 Å². The number of halogens is 4. The molecule has 12 heteroatoms.